The first kappa shape index (κ1) is 12.6. The number of hydrogen-bond acceptors (Lipinski definition) is 3. The van der Waals surface area contributed by atoms with Gasteiger partial charge in [0, 0.05) is 0 Å². The number of aryl methyl sites for hydroxylation is 2. The molecule has 0 atom stereocenters. The largest absolute Gasteiger partial charge is 0.460 e. The average Bonchev–Trinajstić information content (AvgIpc) is 2.73. The minimum Gasteiger partial charge on any atom is -0.460 e. The minimum atomic E-state index is -3.66. The van der Waals surface area contributed by atoms with Gasteiger partial charge in [-0.15, -0.1) is 0 Å². The predicted molar refractivity (Wildman–Crippen MR) is 69.4 cm³/mol. The fraction of sp³-hybridized carbons (Fsp3) is 0.154. The molecule has 0 N–H and O–H groups in total. The molecular formula is C13H13NO3S. The smallest absolute Gasteiger partial charge is 0.282 e. The number of benzene rings is 1. The van der Waals surface area contributed by atoms with E-state index in [0.717, 1.165) is 5.56 Å². The SMILES string of the molecule is Cc1ccc(S(=O)(=O)N=Cc2ccc(C)o2)cc1. The van der Waals surface area contributed by atoms with E-state index in [4.69, 9.17) is 4.42 Å². The quantitative estimate of drug-likeness (QED) is 0.800. The number of hydrogen-bond donors (Lipinski definition) is 0. The lowest BCUT2D eigenvalue weighted by Crippen LogP contribution is -1.97. The lowest BCUT2D eigenvalue weighted by molar-refractivity contribution is 0.528. The van der Waals surface area contributed by atoms with Crippen molar-refractivity contribution in [1.29, 1.82) is 0 Å². The van der Waals surface area contributed by atoms with Crippen molar-refractivity contribution in [3.8, 4) is 0 Å². The molecule has 94 valence electrons. The van der Waals surface area contributed by atoms with E-state index in [1.54, 1.807) is 31.2 Å². The van der Waals surface area contributed by atoms with Crippen LogP contribution >= 0.6 is 0 Å². The maximum absolute atomic E-state index is 11.9. The van der Waals surface area contributed by atoms with Gasteiger partial charge in [-0.3, -0.25) is 0 Å². The van der Waals surface area contributed by atoms with Gasteiger partial charge in [-0.05, 0) is 38.1 Å². The molecule has 2 aromatic rings. The van der Waals surface area contributed by atoms with Crippen LogP contribution in [-0.4, -0.2) is 14.6 Å². The Bertz CT molecular complexity index is 667. The first-order valence-electron chi connectivity index (χ1n) is 5.41. The zero-order valence-electron chi connectivity index (χ0n) is 10.1. The summed E-state index contributed by atoms with van der Waals surface area (Å²) >= 11 is 0. The third-order valence-corrected chi connectivity index (χ3v) is 3.65. The van der Waals surface area contributed by atoms with Crippen molar-refractivity contribution in [2.45, 2.75) is 18.7 Å². The summed E-state index contributed by atoms with van der Waals surface area (Å²) < 4.78 is 32.6. The molecule has 0 spiro atoms. The van der Waals surface area contributed by atoms with Crippen LogP contribution in [0.1, 0.15) is 17.1 Å². The number of rotatable bonds is 3. The van der Waals surface area contributed by atoms with Crippen molar-refractivity contribution in [2.24, 2.45) is 4.40 Å². The molecular weight excluding hydrogens is 250 g/mol. The maximum atomic E-state index is 11.9. The second kappa shape index (κ2) is 4.78. The lowest BCUT2D eigenvalue weighted by atomic mass is 10.2. The predicted octanol–water partition coefficient (Wildman–Crippen LogP) is 2.70. The Hall–Kier alpha value is -1.88. The molecule has 0 aliphatic carbocycles. The van der Waals surface area contributed by atoms with E-state index in [2.05, 4.69) is 4.40 Å². The molecule has 0 bridgehead atoms. The Kier molecular flexibility index (Phi) is 3.34. The molecule has 4 nitrogen and oxygen atoms in total. The normalized spacial score (nSPS) is 12.1. The summed E-state index contributed by atoms with van der Waals surface area (Å²) in [5.41, 5.74) is 1.000. The summed E-state index contributed by atoms with van der Waals surface area (Å²) in [5, 5.41) is 0. The zero-order valence-corrected chi connectivity index (χ0v) is 10.9. The highest BCUT2D eigenvalue weighted by atomic mass is 32.2. The van der Waals surface area contributed by atoms with E-state index in [-0.39, 0.29) is 4.90 Å². The summed E-state index contributed by atoms with van der Waals surface area (Å²) in [7, 11) is -3.66. The van der Waals surface area contributed by atoms with Gasteiger partial charge in [-0.25, -0.2) is 0 Å². The second-order valence-electron chi connectivity index (χ2n) is 3.97. The highest BCUT2D eigenvalue weighted by Crippen LogP contribution is 2.13. The summed E-state index contributed by atoms with van der Waals surface area (Å²) in [6.45, 7) is 3.68. The Labute approximate surface area is 106 Å². The van der Waals surface area contributed by atoms with Crippen LogP contribution in [0.15, 0.2) is 50.1 Å². The van der Waals surface area contributed by atoms with Crippen LogP contribution in [0.3, 0.4) is 0 Å². The van der Waals surface area contributed by atoms with Crippen molar-refractivity contribution in [3.63, 3.8) is 0 Å². The summed E-state index contributed by atoms with van der Waals surface area (Å²) in [4.78, 5) is 0.174. The molecule has 0 unspecified atom stereocenters. The first-order valence-corrected chi connectivity index (χ1v) is 6.85. The van der Waals surface area contributed by atoms with Gasteiger partial charge in [0.15, 0.2) is 0 Å². The average molecular weight is 263 g/mol. The number of nitrogens with zero attached hydrogens (tertiary/aromatic N) is 1. The van der Waals surface area contributed by atoms with Gasteiger partial charge in [0.1, 0.15) is 11.5 Å². The molecule has 5 heteroatoms. The molecule has 0 aliphatic heterocycles. The topological polar surface area (TPSA) is 59.6 Å². The van der Waals surface area contributed by atoms with E-state index < -0.39 is 10.0 Å². The van der Waals surface area contributed by atoms with Gasteiger partial charge < -0.3 is 4.42 Å². The molecule has 0 amide bonds. The summed E-state index contributed by atoms with van der Waals surface area (Å²) in [6, 6.07) is 9.97. The summed E-state index contributed by atoms with van der Waals surface area (Å²) in [5.74, 6) is 1.13. The van der Waals surface area contributed by atoms with Crippen molar-refractivity contribution in [3.05, 3.63) is 53.5 Å². The molecule has 1 aromatic carbocycles. The molecule has 0 saturated carbocycles. The monoisotopic (exact) mass is 263 g/mol. The van der Waals surface area contributed by atoms with E-state index in [1.165, 1.54) is 18.3 Å². The molecule has 1 heterocycles. The summed E-state index contributed by atoms with van der Waals surface area (Å²) in [6.07, 6.45) is 1.21. The van der Waals surface area contributed by atoms with Gasteiger partial charge in [0.2, 0.25) is 0 Å². The molecule has 18 heavy (non-hydrogen) atoms. The Morgan fingerprint density at radius 3 is 2.28 bits per heavy atom. The highest BCUT2D eigenvalue weighted by Gasteiger charge is 2.11. The van der Waals surface area contributed by atoms with E-state index in [1.807, 2.05) is 6.92 Å². The fourth-order valence-corrected chi connectivity index (χ4v) is 2.26. The number of sulfonamides is 1. The second-order valence-corrected chi connectivity index (χ2v) is 5.60. The van der Waals surface area contributed by atoms with Crippen LogP contribution in [-0.2, 0) is 10.0 Å². The Balaban J connectivity index is 2.27. The van der Waals surface area contributed by atoms with Crippen LogP contribution < -0.4 is 0 Å². The number of furan rings is 1. The van der Waals surface area contributed by atoms with Gasteiger partial charge in [0.05, 0.1) is 11.1 Å². The molecule has 1 aromatic heterocycles. The van der Waals surface area contributed by atoms with Crippen molar-refractivity contribution >= 4 is 16.2 Å². The molecule has 0 radical (unpaired) electrons. The standard InChI is InChI=1S/C13H13NO3S/c1-10-3-7-13(8-4-10)18(15,16)14-9-12-6-5-11(2)17-12/h3-9H,1-2H3. The zero-order chi connectivity index (χ0) is 13.2. The van der Waals surface area contributed by atoms with Crippen molar-refractivity contribution in [1.82, 2.24) is 0 Å². The Morgan fingerprint density at radius 1 is 1.06 bits per heavy atom. The van der Waals surface area contributed by atoms with Crippen LogP contribution in [0.4, 0.5) is 0 Å². The van der Waals surface area contributed by atoms with Crippen molar-refractivity contribution < 1.29 is 12.8 Å². The van der Waals surface area contributed by atoms with Crippen LogP contribution in [0.25, 0.3) is 0 Å². The van der Waals surface area contributed by atoms with Gasteiger partial charge in [0.25, 0.3) is 10.0 Å². The minimum absolute atomic E-state index is 0.174. The van der Waals surface area contributed by atoms with E-state index in [9.17, 15) is 8.42 Å². The third kappa shape index (κ3) is 2.87. The molecule has 0 saturated heterocycles. The fourth-order valence-electron chi connectivity index (χ4n) is 1.42. The molecule has 2 rings (SSSR count). The van der Waals surface area contributed by atoms with Crippen LogP contribution in [0.2, 0.25) is 0 Å². The van der Waals surface area contributed by atoms with Crippen LogP contribution in [0, 0.1) is 13.8 Å². The Morgan fingerprint density at radius 2 is 1.72 bits per heavy atom. The molecule has 0 fully saturated rings. The van der Waals surface area contributed by atoms with Gasteiger partial charge in [-0.2, -0.15) is 12.8 Å². The highest BCUT2D eigenvalue weighted by molar-refractivity contribution is 7.90. The van der Waals surface area contributed by atoms with Gasteiger partial charge >= 0.3 is 0 Å². The molecule has 0 aliphatic rings. The van der Waals surface area contributed by atoms with Crippen LogP contribution in [0.5, 0.6) is 0 Å². The maximum Gasteiger partial charge on any atom is 0.282 e. The lowest BCUT2D eigenvalue weighted by Gasteiger charge is -1.98. The van der Waals surface area contributed by atoms with Crippen molar-refractivity contribution in [2.75, 3.05) is 0 Å². The van der Waals surface area contributed by atoms with E-state index >= 15 is 0 Å². The third-order valence-electron chi connectivity index (χ3n) is 2.40. The first-order chi connectivity index (χ1) is 8.47. The van der Waals surface area contributed by atoms with E-state index in [0.29, 0.717) is 11.5 Å². The van der Waals surface area contributed by atoms with Gasteiger partial charge in [-0.1, -0.05) is 17.7 Å².